The molecule has 0 saturated carbocycles. The highest BCUT2D eigenvalue weighted by atomic mass is 32.2. The molecule has 2 rings (SSSR count). The van der Waals surface area contributed by atoms with Crippen LogP contribution in [0, 0.1) is 5.92 Å². The summed E-state index contributed by atoms with van der Waals surface area (Å²) in [6, 6.07) is 8.16. The van der Waals surface area contributed by atoms with Gasteiger partial charge in [-0.2, -0.15) is 0 Å². The van der Waals surface area contributed by atoms with Crippen LogP contribution in [0.15, 0.2) is 24.3 Å². The first-order valence-corrected chi connectivity index (χ1v) is 7.61. The van der Waals surface area contributed by atoms with E-state index in [4.69, 9.17) is 0 Å². The van der Waals surface area contributed by atoms with Crippen molar-refractivity contribution in [3.05, 3.63) is 29.8 Å². The van der Waals surface area contributed by atoms with Gasteiger partial charge in [-0.25, -0.2) is 0 Å². The van der Waals surface area contributed by atoms with Crippen molar-refractivity contribution in [1.29, 1.82) is 0 Å². The van der Waals surface area contributed by atoms with Gasteiger partial charge in [0.15, 0.2) is 5.12 Å². The Labute approximate surface area is 118 Å². The highest BCUT2D eigenvalue weighted by Crippen LogP contribution is 2.27. The molecule has 3 nitrogen and oxygen atoms in total. The van der Waals surface area contributed by atoms with Gasteiger partial charge in [-0.05, 0) is 30.0 Å². The Morgan fingerprint density at radius 3 is 2.63 bits per heavy atom. The zero-order valence-corrected chi connectivity index (χ0v) is 12.2. The predicted molar refractivity (Wildman–Crippen MR) is 79.4 cm³/mol. The number of hydrogen-bond donors (Lipinski definition) is 0. The molecule has 1 aromatic carbocycles. The van der Waals surface area contributed by atoms with E-state index in [-0.39, 0.29) is 16.9 Å². The van der Waals surface area contributed by atoms with Gasteiger partial charge in [0, 0.05) is 31.3 Å². The maximum atomic E-state index is 12.0. The molecule has 0 radical (unpaired) electrons. The Balaban J connectivity index is 2.00. The number of thioether (sulfide) groups is 1. The van der Waals surface area contributed by atoms with Gasteiger partial charge in [-0.15, -0.1) is 0 Å². The molecule has 1 heterocycles. The zero-order chi connectivity index (χ0) is 13.8. The van der Waals surface area contributed by atoms with Crippen molar-refractivity contribution in [1.82, 2.24) is 0 Å². The Morgan fingerprint density at radius 2 is 2.05 bits per heavy atom. The summed E-state index contributed by atoms with van der Waals surface area (Å²) in [5.74, 6) is 1.19. The summed E-state index contributed by atoms with van der Waals surface area (Å²) in [5.41, 5.74) is 2.25. The summed E-state index contributed by atoms with van der Waals surface area (Å²) in [7, 11) is 0. The number of aryl methyl sites for hydroxylation is 1. The Morgan fingerprint density at radius 1 is 1.37 bits per heavy atom. The number of benzene rings is 1. The van der Waals surface area contributed by atoms with Crippen molar-refractivity contribution in [2.75, 3.05) is 17.2 Å². The smallest absolute Gasteiger partial charge is 0.227 e. The van der Waals surface area contributed by atoms with E-state index in [1.165, 1.54) is 17.3 Å². The van der Waals surface area contributed by atoms with E-state index in [1.807, 2.05) is 17.0 Å². The van der Waals surface area contributed by atoms with E-state index in [9.17, 15) is 9.59 Å². The second kappa shape index (κ2) is 6.24. The van der Waals surface area contributed by atoms with Crippen LogP contribution in [0.25, 0.3) is 0 Å². The summed E-state index contributed by atoms with van der Waals surface area (Å²) in [6.45, 7) is 4.41. The quantitative estimate of drug-likeness (QED) is 0.849. The van der Waals surface area contributed by atoms with Crippen molar-refractivity contribution in [2.45, 2.75) is 26.7 Å². The number of nitrogens with zero attached hydrogens (tertiary/aromatic N) is 1. The zero-order valence-electron chi connectivity index (χ0n) is 11.4. The van der Waals surface area contributed by atoms with Crippen LogP contribution >= 0.6 is 11.8 Å². The van der Waals surface area contributed by atoms with Crippen LogP contribution in [-0.2, 0) is 16.0 Å². The molecule has 0 spiro atoms. The molecule has 0 N–H and O–H groups in total. The van der Waals surface area contributed by atoms with E-state index in [1.54, 1.807) is 6.92 Å². The number of hydrogen-bond acceptors (Lipinski definition) is 3. The second-order valence-electron chi connectivity index (χ2n) is 4.90. The molecule has 0 aromatic heterocycles. The molecule has 1 saturated heterocycles. The van der Waals surface area contributed by atoms with Crippen molar-refractivity contribution < 1.29 is 9.59 Å². The molecule has 0 aliphatic carbocycles. The lowest BCUT2D eigenvalue weighted by molar-refractivity contribution is -0.117. The number of carbonyl (C=O) groups excluding carboxylic acids is 2. The first-order valence-electron chi connectivity index (χ1n) is 6.62. The van der Waals surface area contributed by atoms with Gasteiger partial charge in [0.2, 0.25) is 5.91 Å². The third-order valence-corrected chi connectivity index (χ3v) is 4.43. The minimum Gasteiger partial charge on any atom is -0.312 e. The fourth-order valence-corrected chi connectivity index (χ4v) is 2.98. The molecule has 1 unspecified atom stereocenters. The molecular formula is C15H19NO2S. The monoisotopic (exact) mass is 277 g/mol. The van der Waals surface area contributed by atoms with Crippen molar-refractivity contribution in [3.63, 3.8) is 0 Å². The third kappa shape index (κ3) is 3.60. The molecule has 1 aromatic rings. The van der Waals surface area contributed by atoms with Gasteiger partial charge in [0.1, 0.15) is 0 Å². The first kappa shape index (κ1) is 14.1. The minimum atomic E-state index is 0.123. The number of carbonyl (C=O) groups is 2. The Hall–Kier alpha value is -1.29. The van der Waals surface area contributed by atoms with E-state index in [0.29, 0.717) is 6.42 Å². The standard InChI is InChI=1S/C15H19NO2S/c1-3-12-4-6-14(7-5-12)16-9-13(8-15(16)18)10-19-11(2)17/h4-7,13H,3,8-10H2,1-2H3. The third-order valence-electron chi connectivity index (χ3n) is 3.38. The highest BCUT2D eigenvalue weighted by Gasteiger charge is 2.30. The van der Waals surface area contributed by atoms with Crippen LogP contribution in [0.2, 0.25) is 0 Å². The van der Waals surface area contributed by atoms with Crippen LogP contribution in [0.1, 0.15) is 25.8 Å². The first-order chi connectivity index (χ1) is 9.10. The van der Waals surface area contributed by atoms with E-state index < -0.39 is 0 Å². The van der Waals surface area contributed by atoms with E-state index >= 15 is 0 Å². The van der Waals surface area contributed by atoms with Gasteiger partial charge in [0.05, 0.1) is 0 Å². The van der Waals surface area contributed by atoms with Crippen molar-refractivity contribution in [3.8, 4) is 0 Å². The maximum Gasteiger partial charge on any atom is 0.227 e. The summed E-state index contributed by atoms with van der Waals surface area (Å²) >= 11 is 1.32. The van der Waals surface area contributed by atoms with Crippen LogP contribution in [0.4, 0.5) is 5.69 Å². The summed E-state index contributed by atoms with van der Waals surface area (Å²) < 4.78 is 0. The van der Waals surface area contributed by atoms with Gasteiger partial charge in [0.25, 0.3) is 0 Å². The van der Waals surface area contributed by atoms with E-state index in [2.05, 4.69) is 19.1 Å². The largest absolute Gasteiger partial charge is 0.312 e. The fraction of sp³-hybridized carbons (Fsp3) is 0.467. The topological polar surface area (TPSA) is 37.4 Å². The van der Waals surface area contributed by atoms with Gasteiger partial charge < -0.3 is 4.90 Å². The van der Waals surface area contributed by atoms with E-state index in [0.717, 1.165) is 24.4 Å². The number of amides is 1. The lowest BCUT2D eigenvalue weighted by atomic mass is 10.1. The molecule has 1 atom stereocenters. The van der Waals surface area contributed by atoms with Crippen LogP contribution < -0.4 is 4.90 Å². The van der Waals surface area contributed by atoms with Gasteiger partial charge >= 0.3 is 0 Å². The lowest BCUT2D eigenvalue weighted by Gasteiger charge is -2.17. The fourth-order valence-electron chi connectivity index (χ4n) is 2.29. The molecule has 4 heteroatoms. The average molecular weight is 277 g/mol. The number of rotatable bonds is 4. The molecule has 19 heavy (non-hydrogen) atoms. The normalized spacial score (nSPS) is 18.9. The SMILES string of the molecule is CCc1ccc(N2CC(CSC(C)=O)CC2=O)cc1. The molecule has 1 aliphatic heterocycles. The highest BCUT2D eigenvalue weighted by molar-refractivity contribution is 8.13. The molecule has 1 fully saturated rings. The molecule has 1 amide bonds. The molecule has 102 valence electrons. The maximum absolute atomic E-state index is 12.0. The molecule has 1 aliphatic rings. The second-order valence-corrected chi connectivity index (χ2v) is 6.09. The molecule has 0 bridgehead atoms. The van der Waals surface area contributed by atoms with Crippen molar-refractivity contribution >= 4 is 28.5 Å². The van der Waals surface area contributed by atoms with Crippen LogP contribution in [-0.4, -0.2) is 23.3 Å². The van der Waals surface area contributed by atoms with Gasteiger partial charge in [-0.3, -0.25) is 9.59 Å². The summed E-state index contributed by atoms with van der Waals surface area (Å²) in [4.78, 5) is 24.8. The van der Waals surface area contributed by atoms with Crippen LogP contribution in [0.5, 0.6) is 0 Å². The molecular weight excluding hydrogens is 258 g/mol. The Kier molecular flexibility index (Phi) is 4.64. The predicted octanol–water partition coefficient (Wildman–Crippen LogP) is 2.88. The van der Waals surface area contributed by atoms with Crippen LogP contribution in [0.3, 0.4) is 0 Å². The lowest BCUT2D eigenvalue weighted by Crippen LogP contribution is -2.24. The van der Waals surface area contributed by atoms with Gasteiger partial charge in [-0.1, -0.05) is 30.8 Å². The average Bonchev–Trinajstić information content (AvgIpc) is 2.78. The summed E-state index contributed by atoms with van der Waals surface area (Å²) in [5, 5.41) is 0.123. The summed E-state index contributed by atoms with van der Waals surface area (Å²) in [6.07, 6.45) is 1.56. The minimum absolute atomic E-state index is 0.123. The van der Waals surface area contributed by atoms with Crippen molar-refractivity contribution in [2.24, 2.45) is 5.92 Å². The Bertz CT molecular complexity index is 470. The number of anilines is 1.